The van der Waals surface area contributed by atoms with Gasteiger partial charge in [-0.15, -0.1) is 0 Å². The van der Waals surface area contributed by atoms with Crippen molar-refractivity contribution in [2.45, 2.75) is 66.0 Å². The Balaban J connectivity index is 1.49. The first-order chi connectivity index (χ1) is 21.9. The zero-order chi connectivity index (χ0) is 33.1. The van der Waals surface area contributed by atoms with Crippen LogP contribution in [0.4, 0.5) is 10.5 Å². The highest BCUT2D eigenvalue weighted by Crippen LogP contribution is 2.33. The summed E-state index contributed by atoms with van der Waals surface area (Å²) in [7, 11) is 0. The van der Waals surface area contributed by atoms with Gasteiger partial charge in [-0.25, -0.2) is 28.8 Å². The molecule has 5 rings (SSSR count). The predicted molar refractivity (Wildman–Crippen MR) is 173 cm³/mol. The fourth-order valence-electron chi connectivity index (χ4n) is 5.36. The van der Waals surface area contributed by atoms with Crippen molar-refractivity contribution in [3.63, 3.8) is 0 Å². The molecule has 11 nitrogen and oxygen atoms in total. The summed E-state index contributed by atoms with van der Waals surface area (Å²) in [5.74, 6) is -0.762. The number of hydrogen-bond donors (Lipinski definition) is 1. The third kappa shape index (κ3) is 6.99. The van der Waals surface area contributed by atoms with Gasteiger partial charge in [0.15, 0.2) is 0 Å². The summed E-state index contributed by atoms with van der Waals surface area (Å²) in [6, 6.07) is 20.8. The Bertz CT molecular complexity index is 1930. The molecule has 0 saturated carbocycles. The van der Waals surface area contributed by atoms with Crippen LogP contribution >= 0.6 is 11.6 Å². The second kappa shape index (κ2) is 13.6. The number of H-pyrrole nitrogens is 1. The SMILES string of the molecule is Cc1cc(/N=c2\[nH]c(=O)n(C[C@@H](C)C(=O)N3C(=O)O[C@@H](c4ccccc4)[C@H]3C)c(=O)n2Cc2ccc(Cl)cc2)ccc1OC(C)C. The van der Waals surface area contributed by atoms with Gasteiger partial charge in [0.05, 0.1) is 30.3 Å². The number of carbonyl (C=O) groups is 2. The van der Waals surface area contributed by atoms with E-state index in [9.17, 15) is 19.2 Å². The summed E-state index contributed by atoms with van der Waals surface area (Å²) in [6.07, 6.45) is -1.41. The molecule has 0 bridgehead atoms. The van der Waals surface area contributed by atoms with E-state index in [1.165, 1.54) is 4.57 Å². The van der Waals surface area contributed by atoms with Crippen molar-refractivity contribution in [3.05, 3.63) is 121 Å². The first-order valence-electron chi connectivity index (χ1n) is 15.0. The molecule has 12 heteroatoms. The summed E-state index contributed by atoms with van der Waals surface area (Å²) in [5.41, 5.74) is 1.46. The largest absolute Gasteiger partial charge is 0.491 e. The first-order valence-corrected chi connectivity index (χ1v) is 15.4. The van der Waals surface area contributed by atoms with E-state index < -0.39 is 41.4 Å². The van der Waals surface area contributed by atoms with Gasteiger partial charge in [-0.2, -0.15) is 0 Å². The van der Waals surface area contributed by atoms with Crippen molar-refractivity contribution in [2.75, 3.05) is 0 Å². The summed E-state index contributed by atoms with van der Waals surface area (Å²) in [5, 5.41) is 0.535. The molecule has 1 saturated heterocycles. The van der Waals surface area contributed by atoms with Crippen LogP contribution in [-0.4, -0.2) is 43.2 Å². The van der Waals surface area contributed by atoms with E-state index in [-0.39, 0.29) is 24.8 Å². The molecule has 2 heterocycles. The van der Waals surface area contributed by atoms with Gasteiger partial charge in [0.2, 0.25) is 11.5 Å². The summed E-state index contributed by atoms with van der Waals surface area (Å²) >= 11 is 6.08. The number of hydrogen-bond acceptors (Lipinski definition) is 7. The van der Waals surface area contributed by atoms with Crippen molar-refractivity contribution >= 4 is 29.3 Å². The van der Waals surface area contributed by atoms with E-state index in [0.29, 0.717) is 16.5 Å². The number of aryl methyl sites for hydroxylation is 1. The maximum absolute atomic E-state index is 13.9. The number of amides is 2. The molecule has 3 atom stereocenters. The lowest BCUT2D eigenvalue weighted by molar-refractivity contribution is -0.133. The monoisotopic (exact) mass is 645 g/mol. The molecule has 0 spiro atoms. The molecule has 240 valence electrons. The van der Waals surface area contributed by atoms with E-state index in [1.807, 2.05) is 51.1 Å². The van der Waals surface area contributed by atoms with Crippen molar-refractivity contribution < 1.29 is 19.1 Å². The minimum Gasteiger partial charge on any atom is -0.491 e. The Kier molecular flexibility index (Phi) is 9.62. The minimum atomic E-state index is -0.911. The van der Waals surface area contributed by atoms with Crippen LogP contribution in [0.1, 0.15) is 50.5 Å². The van der Waals surface area contributed by atoms with E-state index in [4.69, 9.17) is 21.1 Å². The Morgan fingerprint density at radius 3 is 2.35 bits per heavy atom. The van der Waals surface area contributed by atoms with Gasteiger partial charge in [-0.1, -0.05) is 61.0 Å². The highest BCUT2D eigenvalue weighted by Gasteiger charge is 2.44. The quantitative estimate of drug-likeness (QED) is 0.269. The average molecular weight is 646 g/mol. The fraction of sp³-hybridized carbons (Fsp3) is 0.324. The molecule has 1 aliphatic rings. The van der Waals surface area contributed by atoms with Crippen molar-refractivity contribution in [2.24, 2.45) is 10.9 Å². The van der Waals surface area contributed by atoms with Crippen molar-refractivity contribution in [1.82, 2.24) is 19.0 Å². The number of carbonyl (C=O) groups excluding carboxylic acids is 2. The average Bonchev–Trinajstić information content (AvgIpc) is 3.32. The van der Waals surface area contributed by atoms with Crippen LogP contribution in [0, 0.1) is 12.8 Å². The summed E-state index contributed by atoms with van der Waals surface area (Å²) in [6.45, 7) is 8.84. The molecule has 0 aliphatic carbocycles. The fourth-order valence-corrected chi connectivity index (χ4v) is 5.49. The number of halogens is 1. The topological polar surface area (TPSA) is 128 Å². The lowest BCUT2D eigenvalue weighted by Crippen LogP contribution is -2.52. The van der Waals surface area contributed by atoms with Gasteiger partial charge in [-0.05, 0) is 74.7 Å². The van der Waals surface area contributed by atoms with Gasteiger partial charge in [-0.3, -0.25) is 14.3 Å². The highest BCUT2D eigenvalue weighted by atomic mass is 35.5. The first kappa shape index (κ1) is 32.5. The van der Waals surface area contributed by atoms with Crippen LogP contribution in [0.3, 0.4) is 0 Å². The van der Waals surface area contributed by atoms with Crippen LogP contribution in [0.2, 0.25) is 5.02 Å². The molecule has 1 N–H and O–H groups in total. The molecule has 46 heavy (non-hydrogen) atoms. The van der Waals surface area contributed by atoms with E-state index in [0.717, 1.165) is 26.2 Å². The maximum Gasteiger partial charge on any atom is 0.417 e. The van der Waals surface area contributed by atoms with Gasteiger partial charge >= 0.3 is 17.5 Å². The summed E-state index contributed by atoms with van der Waals surface area (Å²) < 4.78 is 13.6. The molecule has 2 amide bonds. The molecule has 0 radical (unpaired) electrons. The lowest BCUT2D eigenvalue weighted by atomic mass is 10.0. The van der Waals surface area contributed by atoms with Gasteiger partial charge in [0.25, 0.3) is 0 Å². The zero-order valence-corrected chi connectivity index (χ0v) is 27.0. The number of imide groups is 1. The number of aromatic amines is 1. The Morgan fingerprint density at radius 1 is 1.00 bits per heavy atom. The minimum absolute atomic E-state index is 0.00846. The molecule has 3 aromatic carbocycles. The smallest absolute Gasteiger partial charge is 0.417 e. The number of aromatic nitrogens is 3. The number of cyclic esters (lactones) is 1. The maximum atomic E-state index is 13.9. The second-order valence-corrected chi connectivity index (χ2v) is 12.1. The lowest BCUT2D eigenvalue weighted by Gasteiger charge is -2.23. The van der Waals surface area contributed by atoms with E-state index in [1.54, 1.807) is 56.3 Å². The molecular weight excluding hydrogens is 610 g/mol. The van der Waals surface area contributed by atoms with Gasteiger partial charge in [0.1, 0.15) is 11.9 Å². The van der Waals surface area contributed by atoms with Crippen LogP contribution in [0.5, 0.6) is 5.75 Å². The summed E-state index contributed by atoms with van der Waals surface area (Å²) in [4.78, 5) is 62.1. The molecule has 1 aromatic heterocycles. The Labute approximate surface area is 270 Å². The van der Waals surface area contributed by atoms with Crippen LogP contribution in [0.25, 0.3) is 0 Å². The van der Waals surface area contributed by atoms with Crippen molar-refractivity contribution in [3.8, 4) is 5.75 Å². The van der Waals surface area contributed by atoms with Crippen molar-refractivity contribution in [1.29, 1.82) is 0 Å². The van der Waals surface area contributed by atoms with E-state index in [2.05, 4.69) is 9.98 Å². The normalized spacial score (nSPS) is 17.3. The van der Waals surface area contributed by atoms with Gasteiger partial charge < -0.3 is 9.47 Å². The Morgan fingerprint density at radius 2 is 1.70 bits per heavy atom. The molecular formula is C34H36ClN5O6. The third-order valence-electron chi connectivity index (χ3n) is 7.70. The number of nitrogens with zero attached hydrogens (tertiary/aromatic N) is 4. The molecule has 1 fully saturated rings. The predicted octanol–water partition coefficient (Wildman–Crippen LogP) is 5.11. The van der Waals surface area contributed by atoms with Crippen LogP contribution in [-0.2, 0) is 22.6 Å². The number of rotatable bonds is 9. The Hall–Kier alpha value is -4.90. The molecule has 4 aromatic rings. The zero-order valence-electron chi connectivity index (χ0n) is 26.3. The molecule has 0 unspecified atom stereocenters. The number of ether oxygens (including phenoxy) is 2. The van der Waals surface area contributed by atoms with Crippen LogP contribution in [0.15, 0.2) is 87.4 Å². The molecule has 1 aliphatic heterocycles. The van der Waals surface area contributed by atoms with E-state index >= 15 is 0 Å². The standard InChI is InChI=1S/C34H36ClN5O6/c1-20(2)45-28-16-15-27(17-21(28)3)36-31-37-32(42)39(33(43)38(31)19-24-11-13-26(35)14-12-24)18-22(4)30(41)40-23(5)29(46-34(40)44)25-9-7-6-8-10-25/h6-17,20,22-23,29H,18-19H2,1-5H3,(H,36,37,42)/t22-,23-,29-/m1/s1. The van der Waals surface area contributed by atoms with Gasteiger partial charge in [0, 0.05) is 11.6 Å². The number of nitrogens with one attached hydrogen (secondary N) is 1. The number of benzene rings is 3. The highest BCUT2D eigenvalue weighted by molar-refractivity contribution is 6.30. The second-order valence-electron chi connectivity index (χ2n) is 11.7. The van der Waals surface area contributed by atoms with Crippen LogP contribution < -0.4 is 21.7 Å². The third-order valence-corrected chi connectivity index (χ3v) is 7.96.